The number of piperazine rings is 1. The van der Waals surface area contributed by atoms with Crippen LogP contribution < -0.4 is 4.90 Å². The molecule has 0 bridgehead atoms. The number of carbonyl (C=O) groups is 1. The average Bonchev–Trinajstić information content (AvgIpc) is 3.34. The van der Waals surface area contributed by atoms with Crippen LogP contribution in [-0.4, -0.2) is 65.9 Å². The van der Waals surface area contributed by atoms with Crippen LogP contribution in [0.2, 0.25) is 0 Å². The van der Waals surface area contributed by atoms with Gasteiger partial charge >= 0.3 is 5.76 Å². The fraction of sp³-hybridized carbons (Fsp3) is 0.250. The zero-order chi connectivity index (χ0) is 22.0. The number of hydrogen-bond acceptors (Lipinski definition) is 6. The number of alkyl halides is 2. The number of benzene rings is 1. The summed E-state index contributed by atoms with van der Waals surface area (Å²) in [5.74, 6) is -2.84. The Labute approximate surface area is 177 Å². The summed E-state index contributed by atoms with van der Waals surface area (Å²) < 4.78 is 51.7. The molecule has 162 valence electrons. The molecule has 4 rings (SSSR count). The van der Waals surface area contributed by atoms with Gasteiger partial charge in [0.2, 0.25) is 9.84 Å². The van der Waals surface area contributed by atoms with Gasteiger partial charge in [0.25, 0.3) is 5.91 Å². The Morgan fingerprint density at radius 3 is 2.10 bits per heavy atom. The molecule has 0 atom stereocenters. The highest BCUT2D eigenvalue weighted by Crippen LogP contribution is 2.24. The normalized spacial score (nSPS) is 14.8. The van der Waals surface area contributed by atoms with Crippen LogP contribution in [0.3, 0.4) is 0 Å². The molecule has 1 aromatic carbocycles. The highest BCUT2D eigenvalue weighted by Gasteiger charge is 2.33. The number of rotatable bonds is 5. The summed E-state index contributed by atoms with van der Waals surface area (Å²) in [5, 5.41) is 8.45. The molecule has 0 radical (unpaired) electrons. The van der Waals surface area contributed by atoms with Crippen LogP contribution in [0.1, 0.15) is 10.4 Å². The summed E-state index contributed by atoms with van der Waals surface area (Å²) in [6.07, 6.45) is 3.72. The summed E-state index contributed by atoms with van der Waals surface area (Å²) in [5.41, 5.74) is -0.243. The second-order valence-corrected chi connectivity index (χ2v) is 8.81. The van der Waals surface area contributed by atoms with Gasteiger partial charge in [-0.3, -0.25) is 4.79 Å². The molecule has 0 unspecified atom stereocenters. The van der Waals surface area contributed by atoms with Crippen molar-refractivity contribution in [2.45, 2.75) is 10.7 Å². The van der Waals surface area contributed by atoms with Gasteiger partial charge in [-0.25, -0.2) is 8.42 Å². The fourth-order valence-electron chi connectivity index (χ4n) is 3.41. The standard InChI is InChI=1S/C20H19F2N5O3S/c21-20(22)31(29,30)16-6-2-1-5-15(16)19(28)27-13-11-26(12-14-27)18-8-7-17(23-24-18)25-9-3-4-10-25/h1-10,20H,11-14H2. The third-order valence-electron chi connectivity index (χ3n) is 5.05. The van der Waals surface area contributed by atoms with E-state index < -0.39 is 26.4 Å². The molecule has 0 spiro atoms. The van der Waals surface area contributed by atoms with E-state index in [0.29, 0.717) is 37.8 Å². The van der Waals surface area contributed by atoms with Gasteiger partial charge in [0, 0.05) is 38.6 Å². The van der Waals surface area contributed by atoms with E-state index >= 15 is 0 Å². The highest BCUT2D eigenvalue weighted by atomic mass is 32.2. The molecule has 0 aliphatic carbocycles. The summed E-state index contributed by atoms with van der Waals surface area (Å²) in [6.45, 7) is 1.49. The molecule has 1 fully saturated rings. The zero-order valence-electron chi connectivity index (χ0n) is 16.3. The molecule has 31 heavy (non-hydrogen) atoms. The Bertz CT molecular complexity index is 1160. The Morgan fingerprint density at radius 1 is 0.871 bits per heavy atom. The largest absolute Gasteiger partial charge is 0.352 e. The van der Waals surface area contributed by atoms with Crippen molar-refractivity contribution < 1.29 is 22.0 Å². The molecule has 3 heterocycles. The lowest BCUT2D eigenvalue weighted by molar-refractivity contribution is 0.0742. The van der Waals surface area contributed by atoms with Gasteiger partial charge in [-0.15, -0.1) is 10.2 Å². The van der Waals surface area contributed by atoms with Gasteiger partial charge in [-0.05, 0) is 36.4 Å². The lowest BCUT2D eigenvalue weighted by Crippen LogP contribution is -2.49. The van der Waals surface area contributed by atoms with Crippen LogP contribution in [0.4, 0.5) is 14.6 Å². The van der Waals surface area contributed by atoms with E-state index in [0.717, 1.165) is 6.07 Å². The molecule has 0 N–H and O–H groups in total. The monoisotopic (exact) mass is 447 g/mol. The SMILES string of the molecule is O=C(c1ccccc1S(=O)(=O)C(F)F)N1CCN(c2ccc(-n3cccc3)nn2)CC1. The van der Waals surface area contributed by atoms with Crippen molar-refractivity contribution in [3.05, 3.63) is 66.5 Å². The van der Waals surface area contributed by atoms with Crippen LogP contribution >= 0.6 is 0 Å². The summed E-state index contributed by atoms with van der Waals surface area (Å²) in [7, 11) is -4.88. The van der Waals surface area contributed by atoms with Crippen molar-refractivity contribution in [1.29, 1.82) is 0 Å². The quantitative estimate of drug-likeness (QED) is 0.596. The second-order valence-electron chi connectivity index (χ2n) is 6.92. The maximum atomic E-state index is 13.0. The molecule has 2 aromatic heterocycles. The number of amides is 1. The molecule has 3 aromatic rings. The average molecular weight is 447 g/mol. The zero-order valence-corrected chi connectivity index (χ0v) is 17.1. The Morgan fingerprint density at radius 2 is 1.48 bits per heavy atom. The van der Waals surface area contributed by atoms with Crippen molar-refractivity contribution in [2.24, 2.45) is 0 Å². The first kappa shape index (κ1) is 20.9. The maximum absolute atomic E-state index is 13.0. The van der Waals surface area contributed by atoms with Gasteiger partial charge < -0.3 is 14.4 Å². The molecule has 8 nitrogen and oxygen atoms in total. The van der Waals surface area contributed by atoms with Gasteiger partial charge in [-0.2, -0.15) is 8.78 Å². The van der Waals surface area contributed by atoms with Gasteiger partial charge in [0.1, 0.15) is 0 Å². The van der Waals surface area contributed by atoms with Crippen molar-refractivity contribution in [3.8, 4) is 5.82 Å². The lowest BCUT2D eigenvalue weighted by Gasteiger charge is -2.35. The van der Waals surface area contributed by atoms with Crippen molar-refractivity contribution in [3.63, 3.8) is 0 Å². The molecular formula is C20H19F2N5O3S. The van der Waals surface area contributed by atoms with Crippen LogP contribution in [0.15, 0.2) is 65.8 Å². The molecular weight excluding hydrogens is 428 g/mol. The molecule has 0 saturated carbocycles. The van der Waals surface area contributed by atoms with E-state index in [2.05, 4.69) is 10.2 Å². The number of sulfone groups is 1. The number of nitrogens with zero attached hydrogens (tertiary/aromatic N) is 5. The third kappa shape index (κ3) is 4.13. The number of anilines is 1. The van der Waals surface area contributed by atoms with Crippen LogP contribution in [0.25, 0.3) is 5.82 Å². The lowest BCUT2D eigenvalue weighted by atomic mass is 10.2. The minimum Gasteiger partial charge on any atom is -0.352 e. The molecule has 1 saturated heterocycles. The van der Waals surface area contributed by atoms with E-state index in [1.807, 2.05) is 46.1 Å². The van der Waals surface area contributed by atoms with Crippen molar-refractivity contribution >= 4 is 21.6 Å². The van der Waals surface area contributed by atoms with Gasteiger partial charge in [0.05, 0.1) is 10.5 Å². The minimum absolute atomic E-state index is 0.243. The number of hydrogen-bond donors (Lipinski definition) is 0. The topological polar surface area (TPSA) is 88.4 Å². The highest BCUT2D eigenvalue weighted by molar-refractivity contribution is 7.91. The molecule has 1 amide bonds. The first-order valence-electron chi connectivity index (χ1n) is 9.50. The predicted molar refractivity (Wildman–Crippen MR) is 109 cm³/mol. The van der Waals surface area contributed by atoms with E-state index in [4.69, 9.17) is 0 Å². The second kappa shape index (κ2) is 8.42. The smallest absolute Gasteiger partial charge is 0.341 e. The van der Waals surface area contributed by atoms with Crippen LogP contribution in [-0.2, 0) is 9.84 Å². The summed E-state index contributed by atoms with van der Waals surface area (Å²) >= 11 is 0. The maximum Gasteiger partial charge on any atom is 0.341 e. The van der Waals surface area contributed by atoms with Gasteiger partial charge in [-0.1, -0.05) is 12.1 Å². The van der Waals surface area contributed by atoms with Crippen molar-refractivity contribution in [1.82, 2.24) is 19.7 Å². The first-order chi connectivity index (χ1) is 14.9. The van der Waals surface area contributed by atoms with E-state index in [1.54, 1.807) is 0 Å². The van der Waals surface area contributed by atoms with Gasteiger partial charge in [0.15, 0.2) is 11.6 Å². The molecule has 1 aliphatic rings. The fourth-order valence-corrected chi connectivity index (χ4v) is 4.33. The van der Waals surface area contributed by atoms with E-state index in [-0.39, 0.29) is 5.56 Å². The van der Waals surface area contributed by atoms with E-state index in [9.17, 15) is 22.0 Å². The Kier molecular flexibility index (Phi) is 5.68. The Hall–Kier alpha value is -3.34. The van der Waals surface area contributed by atoms with Crippen LogP contribution in [0.5, 0.6) is 0 Å². The molecule has 1 aliphatic heterocycles. The van der Waals surface area contributed by atoms with Crippen molar-refractivity contribution in [2.75, 3.05) is 31.1 Å². The van der Waals surface area contributed by atoms with Crippen LogP contribution in [0, 0.1) is 0 Å². The first-order valence-corrected chi connectivity index (χ1v) is 11.0. The number of aromatic nitrogens is 3. The Balaban J connectivity index is 1.46. The summed E-state index contributed by atoms with van der Waals surface area (Å²) in [6, 6.07) is 12.5. The van der Waals surface area contributed by atoms with E-state index in [1.165, 1.54) is 23.1 Å². The minimum atomic E-state index is -4.88. The third-order valence-corrected chi connectivity index (χ3v) is 6.49. The summed E-state index contributed by atoms with van der Waals surface area (Å²) in [4.78, 5) is 15.6. The number of halogens is 2. The number of carbonyl (C=O) groups excluding carboxylic acids is 1. The molecule has 11 heteroatoms. The predicted octanol–water partition coefficient (Wildman–Crippen LogP) is 2.23.